The number of hydrazone groups is 1. The summed E-state index contributed by atoms with van der Waals surface area (Å²) in [5.41, 5.74) is 8.26. The molecule has 14 heavy (non-hydrogen) atoms. The highest BCUT2D eigenvalue weighted by Gasteiger charge is 1.93. The summed E-state index contributed by atoms with van der Waals surface area (Å²) >= 11 is 4.57. The van der Waals surface area contributed by atoms with Crippen LogP contribution in [0.1, 0.15) is 5.69 Å². The standard InChI is InChI=1S/C8H10N4OS/c1-13-7-4-2-3-6(11-7)5-10-12-8(9)14/h2-5H,1H3,(H3,9,12,14)/b10-5+. The Morgan fingerprint density at radius 3 is 3.14 bits per heavy atom. The molecule has 1 rings (SSSR count). The Morgan fingerprint density at radius 1 is 1.71 bits per heavy atom. The maximum Gasteiger partial charge on any atom is 0.213 e. The van der Waals surface area contributed by atoms with Crippen LogP contribution in [0.3, 0.4) is 0 Å². The summed E-state index contributed by atoms with van der Waals surface area (Å²) in [4.78, 5) is 4.09. The average molecular weight is 210 g/mol. The first kappa shape index (κ1) is 10.4. The molecule has 74 valence electrons. The highest BCUT2D eigenvalue weighted by Crippen LogP contribution is 2.04. The Morgan fingerprint density at radius 2 is 2.50 bits per heavy atom. The van der Waals surface area contributed by atoms with Gasteiger partial charge >= 0.3 is 0 Å². The second-order valence-corrected chi connectivity index (χ2v) is 2.78. The van der Waals surface area contributed by atoms with Crippen molar-refractivity contribution in [2.45, 2.75) is 0 Å². The summed E-state index contributed by atoms with van der Waals surface area (Å²) in [6.45, 7) is 0. The number of nitrogens with two attached hydrogens (primary N) is 1. The smallest absolute Gasteiger partial charge is 0.213 e. The van der Waals surface area contributed by atoms with Crippen LogP contribution in [0.4, 0.5) is 0 Å². The average Bonchev–Trinajstić information content (AvgIpc) is 2.18. The Balaban J connectivity index is 2.66. The van der Waals surface area contributed by atoms with Crippen LogP contribution >= 0.6 is 12.2 Å². The summed E-state index contributed by atoms with van der Waals surface area (Å²) < 4.78 is 4.94. The summed E-state index contributed by atoms with van der Waals surface area (Å²) in [5.74, 6) is 0.532. The molecular weight excluding hydrogens is 200 g/mol. The second-order valence-electron chi connectivity index (χ2n) is 2.34. The number of methoxy groups -OCH3 is 1. The molecule has 5 nitrogen and oxygen atoms in total. The van der Waals surface area contributed by atoms with Crippen molar-refractivity contribution in [3.05, 3.63) is 23.9 Å². The Bertz CT molecular complexity index is 353. The lowest BCUT2D eigenvalue weighted by Crippen LogP contribution is -2.24. The third kappa shape index (κ3) is 3.36. The summed E-state index contributed by atoms with van der Waals surface area (Å²) in [7, 11) is 1.55. The third-order valence-electron chi connectivity index (χ3n) is 1.33. The van der Waals surface area contributed by atoms with Gasteiger partial charge in [-0.3, -0.25) is 5.43 Å². The molecule has 0 aliphatic carbocycles. The first-order chi connectivity index (χ1) is 6.72. The quantitative estimate of drug-likeness (QED) is 0.425. The summed E-state index contributed by atoms with van der Waals surface area (Å²) in [5, 5.41) is 3.87. The lowest BCUT2D eigenvalue weighted by Gasteiger charge is -1.98. The molecule has 0 saturated heterocycles. The molecule has 6 heteroatoms. The third-order valence-corrected chi connectivity index (χ3v) is 1.42. The van der Waals surface area contributed by atoms with E-state index >= 15 is 0 Å². The Kier molecular flexibility index (Phi) is 3.81. The zero-order valence-electron chi connectivity index (χ0n) is 7.60. The van der Waals surface area contributed by atoms with E-state index < -0.39 is 0 Å². The number of rotatable bonds is 3. The lowest BCUT2D eigenvalue weighted by molar-refractivity contribution is 0.397. The van der Waals surface area contributed by atoms with Crippen molar-refractivity contribution in [1.29, 1.82) is 0 Å². The molecule has 0 unspecified atom stereocenters. The highest BCUT2D eigenvalue weighted by molar-refractivity contribution is 7.80. The minimum Gasteiger partial charge on any atom is -0.481 e. The van der Waals surface area contributed by atoms with Crippen molar-refractivity contribution >= 4 is 23.5 Å². The van der Waals surface area contributed by atoms with E-state index in [1.807, 2.05) is 6.07 Å². The van der Waals surface area contributed by atoms with Crippen molar-refractivity contribution in [2.24, 2.45) is 10.8 Å². The van der Waals surface area contributed by atoms with Crippen LogP contribution in [0.25, 0.3) is 0 Å². The lowest BCUT2D eigenvalue weighted by atomic mass is 10.4. The maximum absolute atomic E-state index is 5.17. The van der Waals surface area contributed by atoms with Gasteiger partial charge in [-0.2, -0.15) is 5.10 Å². The van der Waals surface area contributed by atoms with E-state index in [9.17, 15) is 0 Å². The largest absolute Gasteiger partial charge is 0.481 e. The van der Waals surface area contributed by atoms with Crippen LogP contribution in [0.15, 0.2) is 23.3 Å². The van der Waals surface area contributed by atoms with Crippen LogP contribution in [-0.4, -0.2) is 23.4 Å². The number of ether oxygens (including phenoxy) is 1. The molecule has 0 saturated carbocycles. The van der Waals surface area contributed by atoms with Gasteiger partial charge in [0, 0.05) is 6.07 Å². The minimum absolute atomic E-state index is 0.115. The van der Waals surface area contributed by atoms with Gasteiger partial charge in [-0.15, -0.1) is 0 Å². The van der Waals surface area contributed by atoms with Crippen molar-refractivity contribution in [2.75, 3.05) is 7.11 Å². The highest BCUT2D eigenvalue weighted by atomic mass is 32.1. The normalized spacial score (nSPS) is 10.1. The molecule has 0 aliphatic rings. The van der Waals surface area contributed by atoms with E-state index in [-0.39, 0.29) is 5.11 Å². The fourth-order valence-corrected chi connectivity index (χ4v) is 0.831. The van der Waals surface area contributed by atoms with E-state index in [1.54, 1.807) is 19.2 Å². The van der Waals surface area contributed by atoms with Crippen molar-refractivity contribution in [1.82, 2.24) is 10.4 Å². The van der Waals surface area contributed by atoms with E-state index in [0.717, 1.165) is 0 Å². The molecule has 0 bridgehead atoms. The van der Waals surface area contributed by atoms with Gasteiger partial charge in [0.05, 0.1) is 19.0 Å². The van der Waals surface area contributed by atoms with Gasteiger partial charge in [-0.25, -0.2) is 4.98 Å². The Labute approximate surface area is 87.0 Å². The molecule has 0 aliphatic heterocycles. The molecular formula is C8H10N4OS. The summed E-state index contributed by atoms with van der Waals surface area (Å²) in [6, 6.07) is 5.35. The van der Waals surface area contributed by atoms with Crippen LogP contribution in [-0.2, 0) is 0 Å². The van der Waals surface area contributed by atoms with Gasteiger partial charge in [0.25, 0.3) is 0 Å². The van der Waals surface area contributed by atoms with E-state index in [2.05, 4.69) is 27.7 Å². The number of hydrogen-bond donors (Lipinski definition) is 2. The molecule has 0 fully saturated rings. The molecule has 1 aromatic heterocycles. The molecule has 0 amide bonds. The number of aromatic nitrogens is 1. The molecule has 3 N–H and O–H groups in total. The topological polar surface area (TPSA) is 72.5 Å². The van der Waals surface area contributed by atoms with Gasteiger partial charge in [-0.1, -0.05) is 6.07 Å². The SMILES string of the molecule is COc1cccc(/C=N/NC(N)=S)n1. The number of pyridine rings is 1. The van der Waals surface area contributed by atoms with Gasteiger partial charge in [0.2, 0.25) is 5.88 Å². The molecule has 0 radical (unpaired) electrons. The summed E-state index contributed by atoms with van der Waals surface area (Å²) in [6.07, 6.45) is 1.50. The number of nitrogens with zero attached hydrogens (tertiary/aromatic N) is 2. The van der Waals surface area contributed by atoms with Crippen molar-refractivity contribution in [3.63, 3.8) is 0 Å². The molecule has 0 atom stereocenters. The van der Waals surface area contributed by atoms with Crippen LogP contribution in [0, 0.1) is 0 Å². The van der Waals surface area contributed by atoms with Gasteiger partial charge in [0.15, 0.2) is 5.11 Å². The van der Waals surface area contributed by atoms with Crippen molar-refractivity contribution in [3.8, 4) is 5.88 Å². The van der Waals surface area contributed by atoms with E-state index in [4.69, 9.17) is 10.5 Å². The monoisotopic (exact) mass is 210 g/mol. The van der Waals surface area contributed by atoms with Crippen LogP contribution in [0.5, 0.6) is 5.88 Å². The van der Waals surface area contributed by atoms with Crippen LogP contribution < -0.4 is 15.9 Å². The number of nitrogens with one attached hydrogen (secondary N) is 1. The first-order valence-corrected chi connectivity index (χ1v) is 4.23. The molecule has 1 heterocycles. The molecule has 0 aromatic carbocycles. The molecule has 1 aromatic rings. The van der Waals surface area contributed by atoms with Gasteiger partial charge in [0.1, 0.15) is 0 Å². The van der Waals surface area contributed by atoms with Gasteiger partial charge < -0.3 is 10.5 Å². The van der Waals surface area contributed by atoms with Crippen molar-refractivity contribution < 1.29 is 4.74 Å². The zero-order valence-corrected chi connectivity index (χ0v) is 8.41. The van der Waals surface area contributed by atoms with Gasteiger partial charge in [-0.05, 0) is 18.3 Å². The molecule has 0 spiro atoms. The maximum atomic E-state index is 5.17. The number of hydrogen-bond acceptors (Lipinski definition) is 4. The van der Waals surface area contributed by atoms with Crippen LogP contribution in [0.2, 0.25) is 0 Å². The number of thiocarbonyl (C=S) groups is 1. The fourth-order valence-electron chi connectivity index (χ4n) is 0.778. The zero-order chi connectivity index (χ0) is 10.4. The second kappa shape index (κ2) is 5.13. The van der Waals surface area contributed by atoms with E-state index in [1.165, 1.54) is 6.21 Å². The van der Waals surface area contributed by atoms with E-state index in [0.29, 0.717) is 11.6 Å². The minimum atomic E-state index is 0.115. The Hall–Kier alpha value is -1.69. The predicted octanol–water partition coefficient (Wildman–Crippen LogP) is 0.257. The first-order valence-electron chi connectivity index (χ1n) is 3.82. The fraction of sp³-hybridized carbons (Fsp3) is 0.125. The predicted molar refractivity (Wildman–Crippen MR) is 58.3 cm³/mol.